The Bertz CT molecular complexity index is 374. The topological polar surface area (TPSA) is 29.1 Å². The predicted molar refractivity (Wildman–Crippen MR) is 59.9 cm³/mol. The third kappa shape index (κ3) is 1.75. The second-order valence-electron chi connectivity index (χ2n) is 3.18. The number of carbonyl (C=O) groups is 1. The molecule has 0 aliphatic carbocycles. The summed E-state index contributed by atoms with van der Waals surface area (Å²) in [7, 11) is 0. The van der Waals surface area contributed by atoms with Gasteiger partial charge in [-0.05, 0) is 23.6 Å². The number of fused-ring (bicyclic) bond motifs is 1. The quantitative estimate of drug-likeness (QED) is 0.760. The van der Waals surface area contributed by atoms with Crippen LogP contribution in [0.15, 0.2) is 12.1 Å². The normalized spacial score (nSPS) is 13.1. The highest BCUT2D eigenvalue weighted by Crippen LogP contribution is 2.29. The molecule has 1 N–H and O–H groups in total. The van der Waals surface area contributed by atoms with Gasteiger partial charge in [0.15, 0.2) is 0 Å². The number of nitrogens with one attached hydrogen (secondary N) is 1. The molecule has 0 unspecified atom stereocenters. The average Bonchev–Trinajstić information content (AvgIpc) is 2.42. The first kappa shape index (κ1) is 11.1. The molecular weight excluding hydrogens is 198 g/mol. The summed E-state index contributed by atoms with van der Waals surface area (Å²) >= 11 is 6.00. The molecule has 0 bridgehead atoms. The fraction of sp³-hybridized carbons (Fsp3) is 0.364. The van der Waals surface area contributed by atoms with Crippen LogP contribution in [0.4, 0.5) is 5.69 Å². The monoisotopic (exact) mass is 211 g/mol. The molecule has 1 aliphatic heterocycles. The molecule has 1 aromatic rings. The molecule has 1 aromatic carbocycles. The third-order valence-corrected chi connectivity index (χ3v) is 2.63. The summed E-state index contributed by atoms with van der Waals surface area (Å²) in [6.45, 7) is 2.05. The van der Waals surface area contributed by atoms with Gasteiger partial charge in [-0.25, -0.2) is 0 Å². The first-order chi connectivity index (χ1) is 6.20. The number of carbonyl (C=O) groups excluding carboxylic acids is 1. The van der Waals surface area contributed by atoms with Crippen LogP contribution in [0.3, 0.4) is 0 Å². The first-order valence-electron chi connectivity index (χ1n) is 4.32. The van der Waals surface area contributed by atoms with Crippen LogP contribution in [0.2, 0.25) is 5.02 Å². The lowest BCUT2D eigenvalue weighted by molar-refractivity contribution is -0.115. The summed E-state index contributed by atoms with van der Waals surface area (Å²) in [4.78, 5) is 11.1. The maximum absolute atomic E-state index is 11.1. The van der Waals surface area contributed by atoms with Crippen LogP contribution in [-0.2, 0) is 17.6 Å². The summed E-state index contributed by atoms with van der Waals surface area (Å²) in [5.41, 5.74) is 3.04. The Hall–Kier alpha value is -1.02. The van der Waals surface area contributed by atoms with Gasteiger partial charge in [-0.1, -0.05) is 32.0 Å². The van der Waals surface area contributed by atoms with E-state index in [1.54, 1.807) is 0 Å². The molecular formula is C11H14ClNO. The molecule has 0 fully saturated rings. The van der Waals surface area contributed by atoms with Crippen molar-refractivity contribution in [2.45, 2.75) is 27.2 Å². The van der Waals surface area contributed by atoms with Gasteiger partial charge in [0.2, 0.25) is 5.91 Å². The maximum Gasteiger partial charge on any atom is 0.228 e. The third-order valence-electron chi connectivity index (χ3n) is 2.28. The van der Waals surface area contributed by atoms with Crippen molar-refractivity contribution in [2.75, 3.05) is 5.32 Å². The van der Waals surface area contributed by atoms with Crippen molar-refractivity contribution in [2.24, 2.45) is 0 Å². The number of aryl methyl sites for hydroxylation is 1. The zero-order chi connectivity index (χ0) is 9.42. The molecule has 3 heteroatoms. The summed E-state index contributed by atoms with van der Waals surface area (Å²) in [5.74, 6) is 0.0549. The van der Waals surface area contributed by atoms with E-state index in [4.69, 9.17) is 11.6 Å². The van der Waals surface area contributed by atoms with E-state index in [2.05, 4.69) is 12.2 Å². The lowest BCUT2D eigenvalue weighted by Crippen LogP contribution is -2.03. The van der Waals surface area contributed by atoms with E-state index >= 15 is 0 Å². The molecule has 2 nitrogen and oxygen atoms in total. The fourth-order valence-electron chi connectivity index (χ4n) is 1.57. The summed E-state index contributed by atoms with van der Waals surface area (Å²) in [6, 6.07) is 3.84. The van der Waals surface area contributed by atoms with Crippen LogP contribution < -0.4 is 5.32 Å². The Labute approximate surface area is 89.3 Å². The van der Waals surface area contributed by atoms with E-state index in [0.717, 1.165) is 28.3 Å². The van der Waals surface area contributed by atoms with Gasteiger partial charge in [0.25, 0.3) is 0 Å². The molecule has 1 amide bonds. The summed E-state index contributed by atoms with van der Waals surface area (Å²) < 4.78 is 0. The maximum atomic E-state index is 11.1. The molecule has 0 radical (unpaired) electrons. The number of halogens is 1. The standard InChI is InChI=1S/C10H10ClNO.CH4/c1-2-6-3-7-4-10(13)12-9(7)5-8(6)11;/h3,5H,2,4H2,1H3,(H,12,13);1H4. The Morgan fingerprint density at radius 2 is 2.21 bits per heavy atom. The van der Waals surface area contributed by atoms with Gasteiger partial charge in [-0.2, -0.15) is 0 Å². The zero-order valence-corrected chi connectivity index (χ0v) is 8.11. The Morgan fingerprint density at radius 1 is 1.50 bits per heavy atom. The molecule has 0 saturated carbocycles. The largest absolute Gasteiger partial charge is 0.325 e. The first-order valence-corrected chi connectivity index (χ1v) is 4.69. The summed E-state index contributed by atoms with van der Waals surface area (Å²) in [6.07, 6.45) is 1.39. The SMILES string of the molecule is C.CCc1cc2c(cc1Cl)NC(=O)C2. The van der Waals surface area contributed by atoms with Gasteiger partial charge in [0.05, 0.1) is 6.42 Å². The van der Waals surface area contributed by atoms with Gasteiger partial charge in [0.1, 0.15) is 0 Å². The van der Waals surface area contributed by atoms with Crippen LogP contribution in [0.25, 0.3) is 0 Å². The fourth-order valence-corrected chi connectivity index (χ4v) is 1.87. The highest BCUT2D eigenvalue weighted by molar-refractivity contribution is 6.31. The van der Waals surface area contributed by atoms with Crippen molar-refractivity contribution in [3.05, 3.63) is 28.3 Å². The number of benzene rings is 1. The van der Waals surface area contributed by atoms with Gasteiger partial charge < -0.3 is 5.32 Å². The van der Waals surface area contributed by atoms with Crippen molar-refractivity contribution >= 4 is 23.2 Å². The minimum Gasteiger partial charge on any atom is -0.325 e. The molecule has 1 heterocycles. The van der Waals surface area contributed by atoms with Gasteiger partial charge in [-0.3, -0.25) is 4.79 Å². The van der Waals surface area contributed by atoms with Crippen molar-refractivity contribution in [3.63, 3.8) is 0 Å². The van der Waals surface area contributed by atoms with Crippen LogP contribution in [0.1, 0.15) is 25.5 Å². The summed E-state index contributed by atoms with van der Waals surface area (Å²) in [5, 5.41) is 3.51. The molecule has 0 atom stereocenters. The number of amides is 1. The van der Waals surface area contributed by atoms with Gasteiger partial charge in [-0.15, -0.1) is 0 Å². The zero-order valence-electron chi connectivity index (χ0n) is 7.36. The van der Waals surface area contributed by atoms with Crippen molar-refractivity contribution in [1.29, 1.82) is 0 Å². The Morgan fingerprint density at radius 3 is 2.86 bits per heavy atom. The molecule has 14 heavy (non-hydrogen) atoms. The van der Waals surface area contributed by atoms with Crippen LogP contribution in [0.5, 0.6) is 0 Å². The molecule has 0 saturated heterocycles. The molecule has 2 rings (SSSR count). The van der Waals surface area contributed by atoms with E-state index in [9.17, 15) is 4.79 Å². The number of hydrogen-bond donors (Lipinski definition) is 1. The van der Waals surface area contributed by atoms with E-state index in [1.165, 1.54) is 0 Å². The lowest BCUT2D eigenvalue weighted by atomic mass is 10.1. The second-order valence-corrected chi connectivity index (χ2v) is 3.59. The average molecular weight is 212 g/mol. The lowest BCUT2D eigenvalue weighted by Gasteiger charge is -2.04. The number of anilines is 1. The number of hydrogen-bond acceptors (Lipinski definition) is 1. The minimum absolute atomic E-state index is 0. The van der Waals surface area contributed by atoms with Crippen molar-refractivity contribution in [3.8, 4) is 0 Å². The Kier molecular flexibility index (Phi) is 3.17. The highest BCUT2D eigenvalue weighted by Gasteiger charge is 2.18. The van der Waals surface area contributed by atoms with Gasteiger partial charge >= 0.3 is 0 Å². The minimum atomic E-state index is 0. The smallest absolute Gasteiger partial charge is 0.228 e. The molecule has 1 aliphatic rings. The van der Waals surface area contributed by atoms with Crippen LogP contribution in [0, 0.1) is 0 Å². The van der Waals surface area contributed by atoms with Crippen molar-refractivity contribution in [1.82, 2.24) is 0 Å². The molecule has 76 valence electrons. The number of rotatable bonds is 1. The highest BCUT2D eigenvalue weighted by atomic mass is 35.5. The van der Waals surface area contributed by atoms with Crippen molar-refractivity contribution < 1.29 is 4.79 Å². The second kappa shape index (κ2) is 4.01. The molecule has 0 spiro atoms. The van der Waals surface area contributed by atoms with Crippen LogP contribution >= 0.6 is 11.6 Å². The van der Waals surface area contributed by atoms with E-state index in [-0.39, 0.29) is 13.3 Å². The van der Waals surface area contributed by atoms with E-state index in [1.807, 2.05) is 12.1 Å². The molecule has 0 aromatic heterocycles. The van der Waals surface area contributed by atoms with Crippen LogP contribution in [-0.4, -0.2) is 5.91 Å². The van der Waals surface area contributed by atoms with E-state index < -0.39 is 0 Å². The van der Waals surface area contributed by atoms with E-state index in [0.29, 0.717) is 6.42 Å². The van der Waals surface area contributed by atoms with Gasteiger partial charge in [0, 0.05) is 10.7 Å². The predicted octanol–water partition coefficient (Wildman–Crippen LogP) is 3.03. The Balaban J connectivity index is 0.000000980.